The van der Waals surface area contributed by atoms with Gasteiger partial charge in [0.2, 0.25) is 0 Å². The molecule has 0 aliphatic rings. The van der Waals surface area contributed by atoms with E-state index in [2.05, 4.69) is 12.2 Å². The Balaban J connectivity index is 1.72. The molecular formula is C26H34F3NO3. The van der Waals surface area contributed by atoms with Gasteiger partial charge in [0, 0.05) is 12.3 Å². The van der Waals surface area contributed by atoms with E-state index in [-0.39, 0.29) is 17.9 Å². The molecular weight excluding hydrogens is 431 g/mol. The molecule has 0 atom stereocenters. The molecule has 33 heavy (non-hydrogen) atoms. The molecule has 1 N–H and O–H groups in total. The Bertz CT molecular complexity index is 840. The minimum absolute atomic E-state index is 0.119. The van der Waals surface area contributed by atoms with Gasteiger partial charge in [-0.15, -0.1) is 0 Å². The zero-order valence-electron chi connectivity index (χ0n) is 19.3. The van der Waals surface area contributed by atoms with Crippen molar-refractivity contribution in [1.82, 2.24) is 0 Å². The van der Waals surface area contributed by atoms with Gasteiger partial charge in [-0.05, 0) is 36.8 Å². The highest BCUT2D eigenvalue weighted by molar-refractivity contribution is 5.96. The van der Waals surface area contributed by atoms with E-state index in [1.807, 2.05) is 0 Å². The van der Waals surface area contributed by atoms with Crippen molar-refractivity contribution in [2.75, 3.05) is 25.1 Å². The smallest absolute Gasteiger partial charge is 0.416 e. The Morgan fingerprint density at radius 1 is 0.848 bits per heavy atom. The molecule has 0 saturated carbocycles. The maximum absolute atomic E-state index is 12.9. The maximum Gasteiger partial charge on any atom is 0.416 e. The zero-order chi connectivity index (χ0) is 23.9. The molecule has 2 aromatic rings. The second-order valence-electron chi connectivity index (χ2n) is 7.97. The van der Waals surface area contributed by atoms with Gasteiger partial charge in [0.05, 0.1) is 23.4 Å². The molecule has 0 saturated heterocycles. The van der Waals surface area contributed by atoms with Crippen LogP contribution >= 0.6 is 0 Å². The van der Waals surface area contributed by atoms with Crippen molar-refractivity contribution in [2.45, 2.75) is 64.5 Å². The molecule has 0 spiro atoms. The molecule has 2 aromatic carbocycles. The lowest BCUT2D eigenvalue weighted by Crippen LogP contribution is -2.13. The number of anilines is 2. The topological polar surface area (TPSA) is 47.6 Å². The van der Waals surface area contributed by atoms with Crippen molar-refractivity contribution in [1.29, 1.82) is 0 Å². The molecule has 0 aromatic heterocycles. The normalized spacial score (nSPS) is 11.4. The molecule has 0 heterocycles. The number of rotatable bonds is 15. The summed E-state index contributed by atoms with van der Waals surface area (Å²) in [6.45, 7) is 3.28. The van der Waals surface area contributed by atoms with Crippen LogP contribution in [0.25, 0.3) is 0 Å². The predicted octanol–water partition coefficient (Wildman–Crippen LogP) is 7.76. The second-order valence-corrected chi connectivity index (χ2v) is 7.97. The van der Waals surface area contributed by atoms with Crippen molar-refractivity contribution >= 4 is 17.3 Å². The quantitative estimate of drug-likeness (QED) is 0.216. The average molecular weight is 466 g/mol. The number of hydrogen-bond donors (Lipinski definition) is 1. The Hall–Kier alpha value is -2.54. The van der Waals surface area contributed by atoms with Crippen molar-refractivity contribution in [3.63, 3.8) is 0 Å². The van der Waals surface area contributed by atoms with Crippen LogP contribution in [0, 0.1) is 0 Å². The molecule has 0 amide bonds. The first-order valence-electron chi connectivity index (χ1n) is 11.7. The van der Waals surface area contributed by atoms with E-state index in [9.17, 15) is 18.0 Å². The summed E-state index contributed by atoms with van der Waals surface area (Å²) in [5, 5.41) is 2.88. The van der Waals surface area contributed by atoms with Gasteiger partial charge in [-0.1, -0.05) is 70.1 Å². The largest absolute Gasteiger partial charge is 0.460 e. The van der Waals surface area contributed by atoms with E-state index in [0.717, 1.165) is 25.0 Å². The van der Waals surface area contributed by atoms with Crippen LogP contribution in [0.15, 0.2) is 48.5 Å². The molecule has 0 aliphatic carbocycles. The molecule has 0 unspecified atom stereocenters. The molecule has 0 fully saturated rings. The third-order valence-corrected chi connectivity index (χ3v) is 5.22. The maximum atomic E-state index is 12.9. The first-order chi connectivity index (χ1) is 15.9. The molecule has 0 aliphatic heterocycles. The van der Waals surface area contributed by atoms with Gasteiger partial charge in [-0.3, -0.25) is 0 Å². The SMILES string of the molecule is CCCCCCCCCCOCCOC(=O)c1ccccc1Nc1cccc(C(F)(F)F)c1. The first-order valence-corrected chi connectivity index (χ1v) is 11.7. The summed E-state index contributed by atoms with van der Waals surface area (Å²) >= 11 is 0. The highest BCUT2D eigenvalue weighted by atomic mass is 19.4. The fourth-order valence-electron chi connectivity index (χ4n) is 3.41. The summed E-state index contributed by atoms with van der Waals surface area (Å²) < 4.78 is 49.7. The van der Waals surface area contributed by atoms with Crippen molar-refractivity contribution in [3.05, 3.63) is 59.7 Å². The van der Waals surface area contributed by atoms with Crippen LogP contribution in [-0.2, 0) is 15.7 Å². The summed E-state index contributed by atoms with van der Waals surface area (Å²) in [4.78, 5) is 12.5. The van der Waals surface area contributed by atoms with Crippen LogP contribution in [0.4, 0.5) is 24.5 Å². The monoisotopic (exact) mass is 465 g/mol. The van der Waals surface area contributed by atoms with Gasteiger partial charge in [0.1, 0.15) is 6.61 Å². The first kappa shape index (κ1) is 26.7. The number of para-hydroxylation sites is 1. The second kappa shape index (κ2) is 14.6. The highest BCUT2D eigenvalue weighted by Gasteiger charge is 2.30. The number of unbranched alkanes of at least 4 members (excludes halogenated alkanes) is 7. The molecule has 0 bridgehead atoms. The lowest BCUT2D eigenvalue weighted by molar-refractivity contribution is -0.137. The number of hydrogen-bond acceptors (Lipinski definition) is 4. The van der Waals surface area contributed by atoms with Crippen LogP contribution in [0.3, 0.4) is 0 Å². The Kier molecular flexibility index (Phi) is 11.8. The van der Waals surface area contributed by atoms with Gasteiger partial charge < -0.3 is 14.8 Å². The summed E-state index contributed by atoms with van der Waals surface area (Å²) in [6.07, 6.45) is 5.37. The number of esters is 1. The Morgan fingerprint density at radius 2 is 1.55 bits per heavy atom. The van der Waals surface area contributed by atoms with E-state index in [4.69, 9.17) is 9.47 Å². The van der Waals surface area contributed by atoms with E-state index >= 15 is 0 Å². The minimum Gasteiger partial charge on any atom is -0.460 e. The molecule has 2 rings (SSSR count). The number of halogens is 3. The van der Waals surface area contributed by atoms with Gasteiger partial charge in [0.15, 0.2) is 0 Å². The van der Waals surface area contributed by atoms with Gasteiger partial charge >= 0.3 is 12.1 Å². The summed E-state index contributed by atoms with van der Waals surface area (Å²) in [5.41, 5.74) is 0.0969. The van der Waals surface area contributed by atoms with Gasteiger partial charge in [0.25, 0.3) is 0 Å². The molecule has 0 radical (unpaired) electrons. The number of carbonyl (C=O) groups is 1. The number of alkyl halides is 3. The third-order valence-electron chi connectivity index (χ3n) is 5.22. The average Bonchev–Trinajstić information content (AvgIpc) is 2.79. The molecule has 182 valence electrons. The fraction of sp³-hybridized carbons (Fsp3) is 0.500. The van der Waals surface area contributed by atoms with Crippen LogP contribution in [0.2, 0.25) is 0 Å². The van der Waals surface area contributed by atoms with E-state index < -0.39 is 17.7 Å². The minimum atomic E-state index is -4.44. The van der Waals surface area contributed by atoms with Crippen molar-refractivity contribution in [2.24, 2.45) is 0 Å². The van der Waals surface area contributed by atoms with Gasteiger partial charge in [-0.25, -0.2) is 4.79 Å². The van der Waals surface area contributed by atoms with Gasteiger partial charge in [-0.2, -0.15) is 13.2 Å². The zero-order valence-corrected chi connectivity index (χ0v) is 19.3. The van der Waals surface area contributed by atoms with Crippen LogP contribution in [-0.4, -0.2) is 25.8 Å². The van der Waals surface area contributed by atoms with Crippen molar-refractivity contribution < 1.29 is 27.4 Å². The Morgan fingerprint density at radius 3 is 2.27 bits per heavy atom. The standard InChI is InChI=1S/C26H34F3NO3/c1-2-3-4-5-6-7-8-11-17-32-18-19-33-25(31)23-15-9-10-16-24(23)30-22-14-12-13-21(20-22)26(27,28)29/h9-10,12-16,20,30H,2-8,11,17-19H2,1H3. The van der Waals surface area contributed by atoms with Crippen LogP contribution in [0.5, 0.6) is 0 Å². The fourth-order valence-corrected chi connectivity index (χ4v) is 3.41. The predicted molar refractivity (Wildman–Crippen MR) is 125 cm³/mol. The number of benzene rings is 2. The van der Waals surface area contributed by atoms with Crippen LogP contribution < -0.4 is 5.32 Å². The van der Waals surface area contributed by atoms with E-state index in [0.29, 0.717) is 18.9 Å². The lowest BCUT2D eigenvalue weighted by atomic mass is 10.1. The summed E-state index contributed by atoms with van der Waals surface area (Å²) in [5.74, 6) is -0.555. The molecule has 7 heteroatoms. The van der Waals surface area contributed by atoms with Crippen LogP contribution in [0.1, 0.15) is 74.2 Å². The molecule has 4 nitrogen and oxygen atoms in total. The van der Waals surface area contributed by atoms with E-state index in [1.165, 1.54) is 50.7 Å². The third kappa shape index (κ3) is 10.3. The van der Waals surface area contributed by atoms with E-state index in [1.54, 1.807) is 24.3 Å². The summed E-state index contributed by atoms with van der Waals surface area (Å²) in [6, 6.07) is 11.4. The van der Waals surface area contributed by atoms with Crippen molar-refractivity contribution in [3.8, 4) is 0 Å². The number of ether oxygens (including phenoxy) is 2. The number of nitrogens with one attached hydrogen (secondary N) is 1. The lowest BCUT2D eigenvalue weighted by Gasteiger charge is -2.13. The highest BCUT2D eigenvalue weighted by Crippen LogP contribution is 2.32. The summed E-state index contributed by atoms with van der Waals surface area (Å²) in [7, 11) is 0. The number of carbonyl (C=O) groups excluding carboxylic acids is 1. The Labute approximate surface area is 194 Å².